The summed E-state index contributed by atoms with van der Waals surface area (Å²) >= 11 is 1.38. The third kappa shape index (κ3) is 2.94. The van der Waals surface area contributed by atoms with Gasteiger partial charge in [-0.05, 0) is 42.5 Å². The Morgan fingerprint density at radius 1 is 0.935 bits per heavy atom. The van der Waals surface area contributed by atoms with Crippen LogP contribution >= 0.6 is 11.3 Å². The molecule has 2 aromatic carbocycles. The van der Waals surface area contributed by atoms with Crippen LogP contribution in [0.15, 0.2) is 90.1 Å². The zero-order chi connectivity index (χ0) is 20.8. The number of hydrogen-bond acceptors (Lipinski definition) is 5. The van der Waals surface area contributed by atoms with Crippen LogP contribution in [0.5, 0.6) is 0 Å². The molecule has 0 spiro atoms. The molecule has 6 rings (SSSR count). The van der Waals surface area contributed by atoms with Crippen LogP contribution in [0.1, 0.15) is 5.56 Å². The quantitative estimate of drug-likeness (QED) is 0.437. The van der Waals surface area contributed by atoms with Gasteiger partial charge in [0, 0.05) is 29.7 Å². The minimum absolute atomic E-state index is 0.0710. The van der Waals surface area contributed by atoms with E-state index in [0.29, 0.717) is 9.49 Å². The lowest BCUT2D eigenvalue weighted by molar-refractivity contribution is 0.884. The molecule has 0 saturated carbocycles. The molecule has 7 heteroatoms. The predicted octanol–water partition coefficient (Wildman–Crippen LogP) is 3.70. The summed E-state index contributed by atoms with van der Waals surface area (Å²) in [5.74, 6) is 0. The Labute approximate surface area is 180 Å². The van der Waals surface area contributed by atoms with Crippen LogP contribution < -0.4 is 10.1 Å². The Morgan fingerprint density at radius 2 is 1.77 bits per heavy atom. The summed E-state index contributed by atoms with van der Waals surface area (Å²) in [7, 11) is 0. The zero-order valence-corrected chi connectivity index (χ0v) is 17.0. The molecule has 0 radical (unpaired) electrons. The molecule has 0 saturated heterocycles. The summed E-state index contributed by atoms with van der Waals surface area (Å²) in [6, 6.07) is 21.4. The molecule has 0 N–H and O–H groups in total. The predicted molar refractivity (Wildman–Crippen MR) is 122 cm³/mol. The maximum Gasteiger partial charge on any atom is 0.274 e. The van der Waals surface area contributed by atoms with E-state index in [1.165, 1.54) is 11.3 Å². The van der Waals surface area contributed by atoms with Crippen LogP contribution in [0.2, 0.25) is 0 Å². The molecule has 148 valence electrons. The van der Waals surface area contributed by atoms with Gasteiger partial charge in [0.2, 0.25) is 0 Å². The fourth-order valence-electron chi connectivity index (χ4n) is 3.69. The zero-order valence-electron chi connectivity index (χ0n) is 16.2. The smallest absolute Gasteiger partial charge is 0.267 e. The van der Waals surface area contributed by atoms with Gasteiger partial charge in [-0.25, -0.2) is 14.1 Å². The molecule has 0 aliphatic rings. The normalized spacial score (nSPS) is 12.2. The molecule has 0 atom stereocenters. The summed E-state index contributed by atoms with van der Waals surface area (Å²) in [6.45, 7) is 0. The molecule has 0 amide bonds. The first-order chi connectivity index (χ1) is 15.3. The second-order valence-corrected chi connectivity index (χ2v) is 8.10. The molecule has 0 fully saturated rings. The number of aromatic nitrogens is 5. The third-order valence-electron chi connectivity index (χ3n) is 5.13. The Hall–Kier alpha value is -4.10. The first-order valence-corrected chi connectivity index (χ1v) is 10.6. The van der Waals surface area contributed by atoms with Crippen molar-refractivity contribution in [1.29, 1.82) is 0 Å². The molecule has 0 unspecified atom stereocenters. The average molecular weight is 421 g/mol. The van der Waals surface area contributed by atoms with E-state index in [0.717, 1.165) is 33.5 Å². The van der Waals surface area contributed by atoms with Crippen molar-refractivity contribution in [2.45, 2.75) is 0 Å². The van der Waals surface area contributed by atoms with E-state index in [2.05, 4.69) is 9.97 Å². The van der Waals surface area contributed by atoms with E-state index in [4.69, 9.17) is 5.10 Å². The van der Waals surface area contributed by atoms with Gasteiger partial charge in [-0.3, -0.25) is 9.78 Å². The highest BCUT2D eigenvalue weighted by Gasteiger charge is 2.14. The van der Waals surface area contributed by atoms with Crippen molar-refractivity contribution in [3.05, 3.63) is 106 Å². The SMILES string of the molecule is O=c1/c(=C/c2cn(-c3ccccc3)nc2-c2cccnc2)sc2nc3ccccc3n12. The first-order valence-electron chi connectivity index (χ1n) is 9.75. The van der Waals surface area contributed by atoms with Gasteiger partial charge in [0.1, 0.15) is 5.69 Å². The van der Waals surface area contributed by atoms with Gasteiger partial charge in [-0.15, -0.1) is 0 Å². The average Bonchev–Trinajstić information content (AvgIpc) is 3.48. The van der Waals surface area contributed by atoms with Crippen molar-refractivity contribution in [3.63, 3.8) is 0 Å². The monoisotopic (exact) mass is 421 g/mol. The largest absolute Gasteiger partial charge is 0.274 e. The number of hydrogen-bond donors (Lipinski definition) is 0. The van der Waals surface area contributed by atoms with Gasteiger partial charge >= 0.3 is 0 Å². The van der Waals surface area contributed by atoms with Crippen molar-refractivity contribution in [3.8, 4) is 16.9 Å². The van der Waals surface area contributed by atoms with Crippen LogP contribution in [0.4, 0.5) is 0 Å². The lowest BCUT2D eigenvalue weighted by Crippen LogP contribution is -2.22. The number of para-hydroxylation sites is 3. The van der Waals surface area contributed by atoms with Crippen molar-refractivity contribution in [2.75, 3.05) is 0 Å². The topological polar surface area (TPSA) is 65.1 Å². The van der Waals surface area contributed by atoms with Crippen LogP contribution in [0, 0.1) is 0 Å². The van der Waals surface area contributed by atoms with Crippen molar-refractivity contribution >= 4 is 33.4 Å². The fourth-order valence-corrected chi connectivity index (χ4v) is 4.66. The number of thiazole rings is 1. The van der Waals surface area contributed by atoms with E-state index in [-0.39, 0.29) is 5.56 Å². The lowest BCUT2D eigenvalue weighted by Gasteiger charge is -1.99. The third-order valence-corrected chi connectivity index (χ3v) is 6.10. The van der Waals surface area contributed by atoms with E-state index >= 15 is 0 Å². The van der Waals surface area contributed by atoms with Gasteiger partial charge in [0.15, 0.2) is 4.96 Å². The number of imidazole rings is 1. The molecule has 0 aliphatic carbocycles. The highest BCUT2D eigenvalue weighted by Crippen LogP contribution is 2.24. The summed E-state index contributed by atoms with van der Waals surface area (Å²) in [6.07, 6.45) is 7.35. The maximum absolute atomic E-state index is 13.2. The number of benzene rings is 2. The highest BCUT2D eigenvalue weighted by molar-refractivity contribution is 7.15. The second kappa shape index (κ2) is 7.00. The summed E-state index contributed by atoms with van der Waals surface area (Å²) in [4.78, 5) is 22.7. The number of pyridine rings is 1. The molecular formula is C24H15N5OS. The number of fused-ring (bicyclic) bond motifs is 3. The fraction of sp³-hybridized carbons (Fsp3) is 0. The Kier molecular flexibility index (Phi) is 4.00. The molecule has 0 bridgehead atoms. The van der Waals surface area contributed by atoms with Gasteiger partial charge in [0.25, 0.3) is 5.56 Å². The van der Waals surface area contributed by atoms with Crippen LogP contribution in [-0.4, -0.2) is 24.1 Å². The second-order valence-electron chi connectivity index (χ2n) is 7.09. The maximum atomic E-state index is 13.2. The van der Waals surface area contributed by atoms with Crippen LogP contribution in [0.3, 0.4) is 0 Å². The highest BCUT2D eigenvalue weighted by atomic mass is 32.1. The number of nitrogens with zero attached hydrogens (tertiary/aromatic N) is 5. The van der Waals surface area contributed by atoms with Crippen molar-refractivity contribution in [2.24, 2.45) is 0 Å². The molecule has 6 nitrogen and oxygen atoms in total. The van der Waals surface area contributed by atoms with Crippen LogP contribution in [-0.2, 0) is 0 Å². The van der Waals surface area contributed by atoms with Gasteiger partial charge in [-0.2, -0.15) is 5.10 Å². The molecule has 4 aromatic heterocycles. The Bertz CT molecular complexity index is 1650. The number of rotatable bonds is 3. The van der Waals surface area contributed by atoms with E-state index < -0.39 is 0 Å². The van der Waals surface area contributed by atoms with E-state index in [1.807, 2.05) is 83.7 Å². The Morgan fingerprint density at radius 3 is 2.61 bits per heavy atom. The van der Waals surface area contributed by atoms with Crippen molar-refractivity contribution in [1.82, 2.24) is 24.1 Å². The van der Waals surface area contributed by atoms with E-state index in [9.17, 15) is 4.79 Å². The Balaban J connectivity index is 1.59. The minimum Gasteiger partial charge on any atom is -0.267 e. The summed E-state index contributed by atoms with van der Waals surface area (Å²) in [5.41, 5.74) is 5.04. The summed E-state index contributed by atoms with van der Waals surface area (Å²) < 4.78 is 4.12. The molecule has 6 aromatic rings. The summed E-state index contributed by atoms with van der Waals surface area (Å²) in [5, 5.41) is 4.79. The van der Waals surface area contributed by atoms with Crippen molar-refractivity contribution < 1.29 is 0 Å². The molecule has 0 aliphatic heterocycles. The minimum atomic E-state index is -0.0710. The van der Waals surface area contributed by atoms with Crippen LogP contribution in [0.25, 0.3) is 39.0 Å². The first kappa shape index (κ1) is 17.7. The molecule has 31 heavy (non-hydrogen) atoms. The van der Waals surface area contributed by atoms with E-state index in [1.54, 1.807) is 16.8 Å². The lowest BCUT2D eigenvalue weighted by atomic mass is 10.1. The molecule has 4 heterocycles. The molecular weight excluding hydrogens is 406 g/mol. The van der Waals surface area contributed by atoms with Gasteiger partial charge in [-0.1, -0.05) is 41.7 Å². The standard InChI is InChI=1S/C24H15N5OS/c30-23-21(31-24-26-19-10-4-5-11-20(19)29(23)24)13-17-15-28(18-8-2-1-3-9-18)27-22(17)16-7-6-12-25-14-16/h1-15H/b21-13-. The van der Waals surface area contributed by atoms with Gasteiger partial charge in [0.05, 0.1) is 21.3 Å². The van der Waals surface area contributed by atoms with Gasteiger partial charge < -0.3 is 0 Å².